The summed E-state index contributed by atoms with van der Waals surface area (Å²) in [6, 6.07) is 0. The molecule has 1 atom stereocenters. The zero-order valence-corrected chi connectivity index (χ0v) is 8.12. The first kappa shape index (κ1) is 10.0. The molecule has 0 aromatic carbocycles. The van der Waals surface area contributed by atoms with Crippen LogP contribution in [0.3, 0.4) is 0 Å². The molecule has 1 amide bonds. The number of rotatable bonds is 3. The van der Waals surface area contributed by atoms with E-state index in [0.717, 1.165) is 19.4 Å². The molecule has 1 N–H and O–H groups in total. The molecular weight excluding hydrogens is 162 g/mol. The first-order chi connectivity index (χ1) is 6.33. The molecule has 0 bridgehead atoms. The van der Waals surface area contributed by atoms with Crippen LogP contribution >= 0.6 is 0 Å². The van der Waals surface area contributed by atoms with Gasteiger partial charge in [-0.25, -0.2) is 0 Å². The SMILES string of the molecule is CC=CC(=O)NCC1CC=CCC1. The van der Waals surface area contributed by atoms with Gasteiger partial charge in [0.25, 0.3) is 0 Å². The van der Waals surface area contributed by atoms with Crippen molar-refractivity contribution >= 4 is 5.91 Å². The van der Waals surface area contributed by atoms with Gasteiger partial charge in [0.15, 0.2) is 0 Å². The molecule has 1 rings (SSSR count). The van der Waals surface area contributed by atoms with Crippen molar-refractivity contribution in [3.63, 3.8) is 0 Å². The second-order valence-electron chi connectivity index (χ2n) is 3.40. The number of hydrogen-bond donors (Lipinski definition) is 1. The smallest absolute Gasteiger partial charge is 0.243 e. The molecule has 1 unspecified atom stereocenters. The van der Waals surface area contributed by atoms with Crippen molar-refractivity contribution in [2.45, 2.75) is 26.2 Å². The Morgan fingerprint density at radius 1 is 1.62 bits per heavy atom. The van der Waals surface area contributed by atoms with Crippen LogP contribution in [-0.2, 0) is 4.79 Å². The third kappa shape index (κ3) is 3.92. The second-order valence-corrected chi connectivity index (χ2v) is 3.40. The molecule has 1 aliphatic rings. The standard InChI is InChI=1S/C11H17NO/c1-2-6-11(13)12-9-10-7-4-3-5-8-10/h2-4,6,10H,5,7-9H2,1H3,(H,12,13). The van der Waals surface area contributed by atoms with Gasteiger partial charge in [-0.1, -0.05) is 18.2 Å². The minimum absolute atomic E-state index is 0.0250. The summed E-state index contributed by atoms with van der Waals surface area (Å²) in [7, 11) is 0. The topological polar surface area (TPSA) is 29.1 Å². The van der Waals surface area contributed by atoms with Gasteiger partial charge in [0.2, 0.25) is 5.91 Å². The Bertz CT molecular complexity index is 218. The van der Waals surface area contributed by atoms with Crippen LogP contribution < -0.4 is 5.32 Å². The number of amides is 1. The van der Waals surface area contributed by atoms with Crippen LogP contribution in [0.4, 0.5) is 0 Å². The molecule has 1 aliphatic carbocycles. The van der Waals surface area contributed by atoms with Crippen molar-refractivity contribution in [2.75, 3.05) is 6.54 Å². The van der Waals surface area contributed by atoms with E-state index < -0.39 is 0 Å². The van der Waals surface area contributed by atoms with Gasteiger partial charge in [0.05, 0.1) is 0 Å². The van der Waals surface area contributed by atoms with E-state index >= 15 is 0 Å². The molecule has 2 nitrogen and oxygen atoms in total. The summed E-state index contributed by atoms with van der Waals surface area (Å²) in [5, 5.41) is 2.89. The highest BCUT2D eigenvalue weighted by molar-refractivity contribution is 5.87. The van der Waals surface area contributed by atoms with Gasteiger partial charge in [0.1, 0.15) is 0 Å². The van der Waals surface area contributed by atoms with E-state index in [9.17, 15) is 4.79 Å². The zero-order valence-electron chi connectivity index (χ0n) is 8.12. The Morgan fingerprint density at radius 3 is 3.08 bits per heavy atom. The second kappa shape index (κ2) is 5.57. The molecule has 0 spiro atoms. The molecule has 0 saturated carbocycles. The van der Waals surface area contributed by atoms with Gasteiger partial charge >= 0.3 is 0 Å². The van der Waals surface area contributed by atoms with Crippen LogP contribution in [0.5, 0.6) is 0 Å². The van der Waals surface area contributed by atoms with Crippen molar-refractivity contribution in [3.8, 4) is 0 Å². The van der Waals surface area contributed by atoms with Crippen LogP contribution in [0, 0.1) is 5.92 Å². The highest BCUT2D eigenvalue weighted by Crippen LogP contribution is 2.16. The van der Waals surface area contributed by atoms with Crippen LogP contribution in [0.2, 0.25) is 0 Å². The molecule has 0 heterocycles. The number of hydrogen-bond acceptors (Lipinski definition) is 1. The fraction of sp³-hybridized carbons (Fsp3) is 0.545. The first-order valence-electron chi connectivity index (χ1n) is 4.88. The normalized spacial score (nSPS) is 22.1. The van der Waals surface area contributed by atoms with Gasteiger partial charge in [-0.05, 0) is 38.2 Å². The predicted octanol–water partition coefficient (Wildman–Crippen LogP) is 2.04. The van der Waals surface area contributed by atoms with Crippen LogP contribution in [0.15, 0.2) is 24.3 Å². The third-order valence-electron chi connectivity index (χ3n) is 2.26. The summed E-state index contributed by atoms with van der Waals surface area (Å²) in [5.74, 6) is 0.663. The maximum Gasteiger partial charge on any atom is 0.243 e. The summed E-state index contributed by atoms with van der Waals surface area (Å²) in [5.41, 5.74) is 0. The lowest BCUT2D eigenvalue weighted by atomic mass is 9.94. The summed E-state index contributed by atoms with van der Waals surface area (Å²) in [6.07, 6.45) is 11.2. The highest BCUT2D eigenvalue weighted by atomic mass is 16.1. The van der Waals surface area contributed by atoms with E-state index in [1.807, 2.05) is 6.92 Å². The third-order valence-corrected chi connectivity index (χ3v) is 2.26. The average Bonchev–Trinajstić information content (AvgIpc) is 2.17. The first-order valence-corrected chi connectivity index (χ1v) is 4.88. The fourth-order valence-electron chi connectivity index (χ4n) is 1.50. The molecule has 13 heavy (non-hydrogen) atoms. The zero-order chi connectivity index (χ0) is 9.52. The van der Waals surface area contributed by atoms with Crippen molar-refractivity contribution in [1.29, 1.82) is 0 Å². The Morgan fingerprint density at radius 2 is 2.46 bits per heavy atom. The van der Waals surface area contributed by atoms with Gasteiger partial charge in [-0.2, -0.15) is 0 Å². The van der Waals surface area contributed by atoms with Gasteiger partial charge in [-0.3, -0.25) is 4.79 Å². The molecule has 72 valence electrons. The molecule has 0 fully saturated rings. The molecule has 0 aliphatic heterocycles. The summed E-state index contributed by atoms with van der Waals surface area (Å²) < 4.78 is 0. The minimum Gasteiger partial charge on any atom is -0.352 e. The van der Waals surface area contributed by atoms with E-state index in [4.69, 9.17) is 0 Å². The van der Waals surface area contributed by atoms with Crippen molar-refractivity contribution < 1.29 is 4.79 Å². The lowest BCUT2D eigenvalue weighted by molar-refractivity contribution is -0.116. The highest BCUT2D eigenvalue weighted by Gasteiger charge is 2.09. The van der Waals surface area contributed by atoms with Gasteiger partial charge in [0, 0.05) is 6.54 Å². The average molecular weight is 179 g/mol. The molecule has 0 aromatic rings. The lowest BCUT2D eigenvalue weighted by Crippen LogP contribution is -2.28. The van der Waals surface area contributed by atoms with Gasteiger partial charge in [-0.15, -0.1) is 0 Å². The van der Waals surface area contributed by atoms with Crippen molar-refractivity contribution in [2.24, 2.45) is 5.92 Å². The summed E-state index contributed by atoms with van der Waals surface area (Å²) >= 11 is 0. The van der Waals surface area contributed by atoms with E-state index in [1.54, 1.807) is 12.2 Å². The Labute approximate surface area is 79.7 Å². The number of carbonyl (C=O) groups is 1. The number of nitrogens with one attached hydrogen (secondary N) is 1. The maximum absolute atomic E-state index is 11.1. The Balaban J connectivity index is 2.18. The Hall–Kier alpha value is -1.05. The van der Waals surface area contributed by atoms with Crippen molar-refractivity contribution in [3.05, 3.63) is 24.3 Å². The number of carbonyl (C=O) groups excluding carboxylic acids is 1. The molecule has 2 heteroatoms. The molecule has 0 saturated heterocycles. The van der Waals surface area contributed by atoms with Gasteiger partial charge < -0.3 is 5.32 Å². The largest absolute Gasteiger partial charge is 0.352 e. The quantitative estimate of drug-likeness (QED) is 0.521. The van der Waals surface area contributed by atoms with Crippen LogP contribution in [0.1, 0.15) is 26.2 Å². The monoisotopic (exact) mass is 179 g/mol. The number of allylic oxidation sites excluding steroid dienone is 3. The minimum atomic E-state index is 0.0250. The van der Waals surface area contributed by atoms with Crippen LogP contribution in [-0.4, -0.2) is 12.5 Å². The van der Waals surface area contributed by atoms with E-state index in [2.05, 4.69) is 17.5 Å². The Kier molecular flexibility index (Phi) is 4.30. The molecule has 0 aromatic heterocycles. The van der Waals surface area contributed by atoms with E-state index in [-0.39, 0.29) is 5.91 Å². The lowest BCUT2D eigenvalue weighted by Gasteiger charge is -2.17. The van der Waals surface area contributed by atoms with E-state index in [1.165, 1.54) is 6.42 Å². The molecule has 0 radical (unpaired) electrons. The predicted molar refractivity (Wildman–Crippen MR) is 54.3 cm³/mol. The maximum atomic E-state index is 11.1. The van der Waals surface area contributed by atoms with Crippen molar-refractivity contribution in [1.82, 2.24) is 5.32 Å². The molecular formula is C11H17NO. The fourth-order valence-corrected chi connectivity index (χ4v) is 1.50. The van der Waals surface area contributed by atoms with E-state index in [0.29, 0.717) is 5.92 Å². The summed E-state index contributed by atoms with van der Waals surface area (Å²) in [6.45, 7) is 2.66. The summed E-state index contributed by atoms with van der Waals surface area (Å²) in [4.78, 5) is 11.1. The van der Waals surface area contributed by atoms with Crippen LogP contribution in [0.25, 0.3) is 0 Å².